The van der Waals surface area contributed by atoms with Gasteiger partial charge in [0.05, 0.1) is 41.7 Å². The van der Waals surface area contributed by atoms with Gasteiger partial charge in [0, 0.05) is 43.2 Å². The molecule has 52 heavy (non-hydrogen) atoms. The molecule has 4 atom stereocenters. The van der Waals surface area contributed by atoms with Crippen LogP contribution in [-0.2, 0) is 11.3 Å². The second-order valence-corrected chi connectivity index (χ2v) is 13.8. The Kier molecular flexibility index (Phi) is 13.2. The summed E-state index contributed by atoms with van der Waals surface area (Å²) in [4.78, 5) is 42.8. The summed E-state index contributed by atoms with van der Waals surface area (Å²) in [6, 6.07) is 24.5. The minimum absolute atomic E-state index is 0.117. The molecule has 0 saturated carbocycles. The summed E-state index contributed by atoms with van der Waals surface area (Å²) in [5.41, 5.74) is 2.60. The highest BCUT2D eigenvalue weighted by Gasteiger charge is 2.30. The van der Waals surface area contributed by atoms with Crippen LogP contribution in [0.15, 0.2) is 84.9 Å². The van der Waals surface area contributed by atoms with Gasteiger partial charge in [0.25, 0.3) is 5.91 Å². The maximum atomic E-state index is 14.5. The number of likely N-dealkylation sites (N-methyl/N-ethyl adjacent to an activating group) is 1. The first-order valence-corrected chi connectivity index (χ1v) is 17.9. The quantitative estimate of drug-likeness (QED) is 0.144. The minimum Gasteiger partial charge on any atom is -0.490 e. The number of aliphatic hydroxyl groups excluding tert-OH is 1. The van der Waals surface area contributed by atoms with Gasteiger partial charge in [-0.2, -0.15) is 0 Å². The van der Waals surface area contributed by atoms with Gasteiger partial charge in [0.2, 0.25) is 0 Å². The highest BCUT2D eigenvalue weighted by atomic mass is 16.5. The lowest BCUT2D eigenvalue weighted by atomic mass is 10.0. The van der Waals surface area contributed by atoms with E-state index in [0.717, 1.165) is 35.6 Å². The van der Waals surface area contributed by atoms with E-state index in [1.54, 1.807) is 42.2 Å². The number of rotatable bonds is 9. The average Bonchev–Trinajstić information content (AvgIpc) is 3.13. The second kappa shape index (κ2) is 18.0. The molecule has 4 aromatic carbocycles. The highest BCUT2D eigenvalue weighted by molar-refractivity contribution is 6.07. The van der Waals surface area contributed by atoms with Gasteiger partial charge in [0.15, 0.2) is 0 Å². The maximum absolute atomic E-state index is 14.5. The van der Waals surface area contributed by atoms with Crippen molar-refractivity contribution >= 4 is 40.1 Å². The minimum atomic E-state index is -0.962. The number of benzene rings is 4. The molecule has 11 heteroatoms. The molecule has 0 unspecified atom stereocenters. The van der Waals surface area contributed by atoms with Gasteiger partial charge in [-0.05, 0) is 87.5 Å². The smallest absolute Gasteiger partial charge is 0.335 e. The number of ether oxygens (including phenoxy) is 2. The molecule has 0 saturated heterocycles. The number of aliphatic hydroxyl groups is 1. The molecule has 1 heterocycles. The molecule has 5 rings (SSSR count). The van der Waals surface area contributed by atoms with Crippen molar-refractivity contribution in [1.82, 2.24) is 9.80 Å². The molecule has 1 aliphatic heterocycles. The van der Waals surface area contributed by atoms with Crippen molar-refractivity contribution in [1.29, 1.82) is 0 Å². The fourth-order valence-electron chi connectivity index (χ4n) is 6.52. The summed E-state index contributed by atoms with van der Waals surface area (Å²) in [5, 5.41) is 27.3. The molecule has 0 aliphatic carbocycles. The third kappa shape index (κ3) is 10.1. The first-order chi connectivity index (χ1) is 25.0. The lowest BCUT2D eigenvalue weighted by Gasteiger charge is -2.36. The number of fused-ring (bicyclic) bond motifs is 2. The predicted octanol–water partition coefficient (Wildman–Crippen LogP) is 7.11. The van der Waals surface area contributed by atoms with Gasteiger partial charge < -0.3 is 35.2 Å². The number of carbonyl (C=O) groups excluding carboxylic acids is 2. The molecular weight excluding hydrogens is 660 g/mol. The van der Waals surface area contributed by atoms with Crippen LogP contribution in [0.4, 0.5) is 16.2 Å². The molecule has 0 fully saturated rings. The predicted molar refractivity (Wildman–Crippen MR) is 203 cm³/mol. The zero-order valence-electron chi connectivity index (χ0n) is 30.4. The number of anilines is 2. The van der Waals surface area contributed by atoms with E-state index in [4.69, 9.17) is 9.47 Å². The number of nitrogens with zero attached hydrogens (tertiary/aromatic N) is 2. The van der Waals surface area contributed by atoms with Crippen LogP contribution in [0.3, 0.4) is 0 Å². The lowest BCUT2D eigenvalue weighted by molar-refractivity contribution is -0.0177. The summed E-state index contributed by atoms with van der Waals surface area (Å²) in [7, 11) is 1.99. The Morgan fingerprint density at radius 3 is 2.48 bits per heavy atom. The largest absolute Gasteiger partial charge is 0.490 e. The van der Waals surface area contributed by atoms with E-state index in [-0.39, 0.29) is 36.2 Å². The summed E-state index contributed by atoms with van der Waals surface area (Å²) >= 11 is 0. The Morgan fingerprint density at radius 2 is 1.73 bits per heavy atom. The summed E-state index contributed by atoms with van der Waals surface area (Å²) in [6.07, 6.45) is 2.06. The zero-order valence-corrected chi connectivity index (χ0v) is 30.4. The van der Waals surface area contributed by atoms with Crippen molar-refractivity contribution in [2.24, 2.45) is 5.92 Å². The Labute approximate surface area is 305 Å². The van der Waals surface area contributed by atoms with Crippen LogP contribution in [0.5, 0.6) is 5.75 Å². The number of aromatic carboxylic acids is 1. The molecule has 1 aliphatic rings. The molecule has 0 spiro atoms. The number of carboxylic acid groups (broad SMARTS) is 1. The van der Waals surface area contributed by atoms with Crippen LogP contribution in [0.25, 0.3) is 10.8 Å². The van der Waals surface area contributed by atoms with E-state index >= 15 is 0 Å². The van der Waals surface area contributed by atoms with Crippen LogP contribution in [-0.4, -0.2) is 89.5 Å². The van der Waals surface area contributed by atoms with Crippen LogP contribution in [0.2, 0.25) is 0 Å². The number of urea groups is 1. The molecule has 11 nitrogen and oxygen atoms in total. The molecule has 276 valence electrons. The topological polar surface area (TPSA) is 141 Å². The van der Waals surface area contributed by atoms with Gasteiger partial charge in [-0.15, -0.1) is 0 Å². The first kappa shape index (κ1) is 38.3. The van der Waals surface area contributed by atoms with Crippen molar-refractivity contribution in [2.75, 3.05) is 44.0 Å². The molecule has 3 amide bonds. The molecule has 4 N–H and O–H groups in total. The van der Waals surface area contributed by atoms with Crippen molar-refractivity contribution in [3.05, 3.63) is 102 Å². The average molecular weight is 711 g/mol. The number of carbonyl (C=O) groups is 3. The molecule has 4 aromatic rings. The van der Waals surface area contributed by atoms with E-state index in [2.05, 4.69) is 15.5 Å². The number of hydrogen-bond acceptors (Lipinski definition) is 7. The molecule has 0 aromatic heterocycles. The Bertz CT molecular complexity index is 1830. The van der Waals surface area contributed by atoms with Gasteiger partial charge in [-0.25, -0.2) is 9.59 Å². The Morgan fingerprint density at radius 1 is 0.981 bits per heavy atom. The Balaban J connectivity index is 1.37. The van der Waals surface area contributed by atoms with Crippen LogP contribution in [0, 0.1) is 5.92 Å². The Hall–Kier alpha value is -4.97. The molecule has 0 radical (unpaired) electrons. The maximum Gasteiger partial charge on any atom is 0.335 e. The van der Waals surface area contributed by atoms with E-state index < -0.39 is 18.0 Å². The van der Waals surface area contributed by atoms with Gasteiger partial charge in [-0.1, -0.05) is 55.5 Å². The fraction of sp³-hybridized carbons (Fsp3) is 0.390. The van der Waals surface area contributed by atoms with Crippen molar-refractivity contribution in [3.8, 4) is 5.75 Å². The summed E-state index contributed by atoms with van der Waals surface area (Å²) in [5.74, 6) is -0.986. The van der Waals surface area contributed by atoms with E-state index in [9.17, 15) is 24.6 Å². The van der Waals surface area contributed by atoms with Crippen LogP contribution >= 0.6 is 0 Å². The summed E-state index contributed by atoms with van der Waals surface area (Å²) in [6.45, 7) is 7.61. The zero-order chi connectivity index (χ0) is 37.2. The third-order valence-corrected chi connectivity index (χ3v) is 9.49. The second-order valence-electron chi connectivity index (χ2n) is 13.8. The van der Waals surface area contributed by atoms with Crippen LogP contribution in [0.1, 0.15) is 66.3 Å². The van der Waals surface area contributed by atoms with E-state index in [0.29, 0.717) is 48.9 Å². The third-order valence-electron chi connectivity index (χ3n) is 9.49. The van der Waals surface area contributed by atoms with E-state index in [1.807, 2.05) is 75.5 Å². The van der Waals surface area contributed by atoms with Crippen LogP contribution < -0.4 is 15.4 Å². The lowest BCUT2D eigenvalue weighted by Crippen LogP contribution is -2.47. The standard InChI is InChI=1S/C41H50N4O7/c1-27-23-45(28(2)26-46)39(47)35-22-33(42-41(50)43-36-14-9-12-31-11-5-6-13-34(31)36)19-20-37(35)52-29(3)10-7-8-21-51-38(27)25-44(4)24-30-15-17-32(18-16-30)40(48)49/h5-6,9,11-20,22,27-29,38,46H,7-8,10,21,23-26H2,1-4H3,(H,48,49)(H2,42,43,50)/t27-,28+,29+,38+/m0/s1. The number of nitrogens with one attached hydrogen (secondary N) is 2. The first-order valence-electron chi connectivity index (χ1n) is 17.9. The van der Waals surface area contributed by atoms with Crippen molar-refractivity contribution in [3.63, 3.8) is 0 Å². The monoisotopic (exact) mass is 710 g/mol. The highest BCUT2D eigenvalue weighted by Crippen LogP contribution is 2.29. The molecule has 0 bridgehead atoms. The van der Waals surface area contributed by atoms with Gasteiger partial charge >= 0.3 is 12.0 Å². The van der Waals surface area contributed by atoms with Gasteiger partial charge in [-0.3, -0.25) is 9.69 Å². The van der Waals surface area contributed by atoms with Crippen molar-refractivity contribution in [2.45, 2.75) is 64.8 Å². The molecular formula is C41H50N4O7. The fourth-order valence-corrected chi connectivity index (χ4v) is 6.52. The SMILES string of the molecule is C[C@@H]1CCCCO[C@H](CN(C)Cc2ccc(C(=O)O)cc2)[C@@H](C)CN([C@H](C)CO)C(=O)c2cc(NC(=O)Nc3cccc4ccccc34)ccc2O1. The van der Waals surface area contributed by atoms with E-state index in [1.165, 1.54) is 0 Å². The number of carboxylic acids is 1. The van der Waals surface area contributed by atoms with Gasteiger partial charge in [0.1, 0.15) is 5.75 Å². The van der Waals surface area contributed by atoms with Crippen molar-refractivity contribution < 1.29 is 34.1 Å². The number of hydrogen-bond donors (Lipinski definition) is 4. The number of amides is 3. The summed E-state index contributed by atoms with van der Waals surface area (Å²) < 4.78 is 12.8. The normalized spacial score (nSPS) is 19.3.